The number of carbonyl (C=O) groups excluding carboxylic acids is 1. The van der Waals surface area contributed by atoms with Crippen LogP contribution in [0.2, 0.25) is 15.1 Å². The van der Waals surface area contributed by atoms with Crippen LogP contribution in [-0.4, -0.2) is 15.8 Å². The zero-order valence-electron chi connectivity index (χ0n) is 13.7. The lowest BCUT2D eigenvalue weighted by Crippen LogP contribution is -2.30. The van der Waals surface area contributed by atoms with Gasteiger partial charge in [0.1, 0.15) is 0 Å². The van der Waals surface area contributed by atoms with Gasteiger partial charge in [0, 0.05) is 46.1 Å². The monoisotopic (exact) mass is 404 g/mol. The number of halogens is 3. The van der Waals surface area contributed by atoms with Gasteiger partial charge in [0.15, 0.2) is 0 Å². The van der Waals surface area contributed by atoms with Gasteiger partial charge in [-0.2, -0.15) is 0 Å². The number of hydrogen-bond acceptors (Lipinski definition) is 2. The van der Waals surface area contributed by atoms with Crippen LogP contribution in [0.15, 0.2) is 67.0 Å². The van der Waals surface area contributed by atoms with Crippen molar-refractivity contribution in [1.29, 1.82) is 0 Å². The first-order valence-corrected chi connectivity index (χ1v) is 9.03. The maximum atomic E-state index is 13.0. The Morgan fingerprint density at radius 3 is 2.12 bits per heavy atom. The molecule has 6 heteroatoms. The van der Waals surface area contributed by atoms with Crippen LogP contribution in [0.5, 0.6) is 0 Å². The highest BCUT2D eigenvalue weighted by molar-refractivity contribution is 6.34. The second-order valence-corrected chi connectivity index (χ2v) is 7.12. The number of carbonyl (C=O) groups is 1. The van der Waals surface area contributed by atoms with Crippen LogP contribution >= 0.6 is 34.8 Å². The van der Waals surface area contributed by atoms with Gasteiger partial charge in [-0.1, -0.05) is 40.9 Å². The van der Waals surface area contributed by atoms with E-state index in [0.29, 0.717) is 33.7 Å². The van der Waals surface area contributed by atoms with E-state index in [0.717, 1.165) is 11.1 Å². The molecule has 0 spiro atoms. The molecule has 0 atom stereocenters. The van der Waals surface area contributed by atoms with E-state index in [4.69, 9.17) is 34.8 Å². The van der Waals surface area contributed by atoms with Crippen LogP contribution in [-0.2, 0) is 13.1 Å². The summed E-state index contributed by atoms with van der Waals surface area (Å²) in [5.41, 5.74) is 2.35. The predicted octanol–water partition coefficient (Wildman–Crippen LogP) is 5.88. The highest BCUT2D eigenvalue weighted by atomic mass is 35.5. The van der Waals surface area contributed by atoms with Gasteiger partial charge in [-0.25, -0.2) is 0 Å². The molecule has 0 unspecified atom stereocenters. The smallest absolute Gasteiger partial charge is 0.254 e. The van der Waals surface area contributed by atoms with E-state index >= 15 is 0 Å². The normalized spacial score (nSPS) is 10.6. The molecule has 132 valence electrons. The van der Waals surface area contributed by atoms with Gasteiger partial charge in [-0.3, -0.25) is 9.78 Å². The minimum Gasteiger partial charge on any atom is -0.330 e. The van der Waals surface area contributed by atoms with Crippen LogP contribution in [0.4, 0.5) is 0 Å². The van der Waals surface area contributed by atoms with Crippen LogP contribution in [0.1, 0.15) is 21.5 Å². The quantitative estimate of drug-likeness (QED) is 0.530. The van der Waals surface area contributed by atoms with Gasteiger partial charge in [-0.05, 0) is 59.7 Å². The summed E-state index contributed by atoms with van der Waals surface area (Å²) in [5.74, 6) is -0.110. The van der Waals surface area contributed by atoms with E-state index in [1.54, 1.807) is 59.8 Å². The van der Waals surface area contributed by atoms with E-state index in [1.165, 1.54) is 0 Å². The number of nitrogens with zero attached hydrogens (tertiary/aromatic N) is 2. The minimum atomic E-state index is -0.110. The van der Waals surface area contributed by atoms with E-state index in [-0.39, 0.29) is 5.91 Å². The molecule has 1 amide bonds. The molecule has 0 N–H and O–H groups in total. The Kier molecular flexibility index (Phi) is 6.15. The number of amides is 1. The Labute approximate surface area is 167 Å². The van der Waals surface area contributed by atoms with Crippen molar-refractivity contribution in [3.8, 4) is 0 Å². The Bertz CT molecular complexity index is 878. The first-order chi connectivity index (χ1) is 12.5. The summed E-state index contributed by atoms with van der Waals surface area (Å²) >= 11 is 18.1. The van der Waals surface area contributed by atoms with E-state index in [9.17, 15) is 4.79 Å². The summed E-state index contributed by atoms with van der Waals surface area (Å²) in [7, 11) is 0. The average Bonchev–Trinajstić information content (AvgIpc) is 2.61. The average molecular weight is 406 g/mol. The number of pyridine rings is 1. The molecule has 0 aliphatic carbocycles. The summed E-state index contributed by atoms with van der Waals surface area (Å²) in [6.07, 6.45) is 3.44. The molecule has 1 heterocycles. The van der Waals surface area contributed by atoms with Crippen molar-refractivity contribution in [2.75, 3.05) is 0 Å². The Morgan fingerprint density at radius 1 is 0.846 bits per heavy atom. The maximum Gasteiger partial charge on any atom is 0.254 e. The van der Waals surface area contributed by atoms with E-state index < -0.39 is 0 Å². The maximum absolute atomic E-state index is 13.0. The molecule has 0 saturated carbocycles. The SMILES string of the molecule is O=C(c1ccc(Cl)cc1)N(Cc1cccnc1)Cc1cc(Cl)cc(Cl)c1. The third-order valence-electron chi connectivity index (χ3n) is 3.77. The van der Waals surface area contributed by atoms with Gasteiger partial charge >= 0.3 is 0 Å². The first kappa shape index (κ1) is 18.7. The highest BCUT2D eigenvalue weighted by Gasteiger charge is 2.17. The lowest BCUT2D eigenvalue weighted by Gasteiger charge is -2.23. The number of benzene rings is 2. The van der Waals surface area contributed by atoms with Crippen molar-refractivity contribution in [3.63, 3.8) is 0 Å². The van der Waals surface area contributed by atoms with Crippen molar-refractivity contribution >= 4 is 40.7 Å². The van der Waals surface area contributed by atoms with Crippen molar-refractivity contribution < 1.29 is 4.79 Å². The third kappa shape index (κ3) is 4.98. The molecule has 0 aliphatic heterocycles. The fourth-order valence-electron chi connectivity index (χ4n) is 2.61. The first-order valence-electron chi connectivity index (χ1n) is 7.90. The molecule has 0 bridgehead atoms. The van der Waals surface area contributed by atoms with Crippen molar-refractivity contribution in [2.24, 2.45) is 0 Å². The summed E-state index contributed by atoms with van der Waals surface area (Å²) in [6, 6.07) is 15.9. The van der Waals surface area contributed by atoms with Crippen molar-refractivity contribution in [1.82, 2.24) is 9.88 Å². The highest BCUT2D eigenvalue weighted by Crippen LogP contribution is 2.22. The third-order valence-corrected chi connectivity index (χ3v) is 4.46. The summed E-state index contributed by atoms with van der Waals surface area (Å²) in [4.78, 5) is 18.9. The summed E-state index contributed by atoms with van der Waals surface area (Å²) in [6.45, 7) is 0.788. The number of hydrogen-bond donors (Lipinski definition) is 0. The van der Waals surface area contributed by atoms with Gasteiger partial charge in [-0.15, -0.1) is 0 Å². The lowest BCUT2D eigenvalue weighted by atomic mass is 10.1. The van der Waals surface area contributed by atoms with Gasteiger partial charge in [0.05, 0.1) is 0 Å². The predicted molar refractivity (Wildman–Crippen MR) is 106 cm³/mol. The van der Waals surface area contributed by atoms with Crippen LogP contribution < -0.4 is 0 Å². The second-order valence-electron chi connectivity index (χ2n) is 5.81. The standard InChI is InChI=1S/C20H15Cl3N2O/c21-17-5-3-16(4-6-17)20(26)25(12-14-2-1-7-24-11-14)13-15-8-18(22)10-19(23)9-15/h1-11H,12-13H2. The number of aromatic nitrogens is 1. The summed E-state index contributed by atoms with van der Waals surface area (Å²) in [5, 5.41) is 1.66. The number of rotatable bonds is 5. The van der Waals surface area contributed by atoms with E-state index in [2.05, 4.69) is 4.98 Å². The minimum absolute atomic E-state index is 0.110. The molecule has 0 radical (unpaired) electrons. The Balaban J connectivity index is 1.90. The topological polar surface area (TPSA) is 33.2 Å². The van der Waals surface area contributed by atoms with Gasteiger partial charge in [0.25, 0.3) is 5.91 Å². The zero-order chi connectivity index (χ0) is 18.5. The molecule has 3 aromatic rings. The molecule has 2 aromatic carbocycles. The molecule has 1 aromatic heterocycles. The second kappa shape index (κ2) is 8.54. The zero-order valence-corrected chi connectivity index (χ0v) is 16.0. The van der Waals surface area contributed by atoms with Gasteiger partial charge < -0.3 is 4.90 Å². The van der Waals surface area contributed by atoms with Crippen molar-refractivity contribution in [2.45, 2.75) is 13.1 Å². The summed E-state index contributed by atoms with van der Waals surface area (Å²) < 4.78 is 0. The fourth-order valence-corrected chi connectivity index (χ4v) is 3.31. The van der Waals surface area contributed by atoms with Crippen LogP contribution in [0.25, 0.3) is 0 Å². The molecular formula is C20H15Cl3N2O. The van der Waals surface area contributed by atoms with Crippen LogP contribution in [0.3, 0.4) is 0 Å². The largest absolute Gasteiger partial charge is 0.330 e. The Morgan fingerprint density at radius 2 is 1.50 bits per heavy atom. The van der Waals surface area contributed by atoms with E-state index in [1.807, 2.05) is 12.1 Å². The molecule has 0 aliphatic rings. The molecular weight excluding hydrogens is 391 g/mol. The fraction of sp³-hybridized carbons (Fsp3) is 0.100. The van der Waals surface area contributed by atoms with Crippen LogP contribution in [0, 0.1) is 0 Å². The van der Waals surface area contributed by atoms with Gasteiger partial charge in [0.2, 0.25) is 0 Å². The Hall–Kier alpha value is -2.07. The molecule has 3 nitrogen and oxygen atoms in total. The molecule has 3 rings (SSSR count). The molecule has 26 heavy (non-hydrogen) atoms. The molecule has 0 saturated heterocycles. The molecule has 0 fully saturated rings. The lowest BCUT2D eigenvalue weighted by molar-refractivity contribution is 0.0730. The van der Waals surface area contributed by atoms with Crippen molar-refractivity contribution in [3.05, 3.63) is 98.7 Å².